The summed E-state index contributed by atoms with van der Waals surface area (Å²) >= 11 is 0. The largest absolute Gasteiger partial charge is 0.436 e. The maximum Gasteiger partial charge on any atom is 0.416 e. The van der Waals surface area contributed by atoms with Crippen LogP contribution in [0.15, 0.2) is 60.8 Å². The minimum absolute atomic E-state index is 0.00361. The van der Waals surface area contributed by atoms with Crippen LogP contribution in [0.3, 0.4) is 0 Å². The summed E-state index contributed by atoms with van der Waals surface area (Å²) in [5.41, 5.74) is -0.152. The lowest BCUT2D eigenvalue weighted by Crippen LogP contribution is -2.11. The molecule has 0 fully saturated rings. The number of benzene rings is 2. The van der Waals surface area contributed by atoms with Crippen molar-refractivity contribution in [3.05, 3.63) is 71.9 Å². The minimum atomic E-state index is -4.48. The lowest BCUT2D eigenvalue weighted by Gasteiger charge is -2.10. The Balaban J connectivity index is 1.83. The fourth-order valence-corrected chi connectivity index (χ4v) is 2.26. The molecule has 5 nitrogen and oxygen atoms in total. The standard InChI is InChI=1S/C18H14F3N3O2/c1-24-11-15(22-16(25)12-6-3-2-4-7-12)17(23-24)26-14-9-5-8-13(10-14)18(19,20)21/h2-11H,1H3,(H,22,25). The highest BCUT2D eigenvalue weighted by molar-refractivity contribution is 6.04. The van der Waals surface area contributed by atoms with Crippen molar-refractivity contribution in [2.24, 2.45) is 7.05 Å². The first-order valence-electron chi connectivity index (χ1n) is 7.58. The predicted octanol–water partition coefficient (Wildman–Crippen LogP) is 4.48. The number of anilines is 1. The van der Waals surface area contributed by atoms with Crippen LogP contribution in [-0.2, 0) is 13.2 Å². The number of hydrogen-bond acceptors (Lipinski definition) is 3. The molecule has 0 unspecified atom stereocenters. The van der Waals surface area contributed by atoms with Crippen molar-refractivity contribution in [3.8, 4) is 11.6 Å². The van der Waals surface area contributed by atoms with Gasteiger partial charge in [-0.1, -0.05) is 24.3 Å². The summed E-state index contributed by atoms with van der Waals surface area (Å²) in [5.74, 6) is -0.419. The number of nitrogens with zero attached hydrogens (tertiary/aromatic N) is 2. The van der Waals surface area contributed by atoms with Gasteiger partial charge in [-0.2, -0.15) is 13.2 Å². The first-order valence-corrected chi connectivity index (χ1v) is 7.58. The smallest absolute Gasteiger partial charge is 0.416 e. The van der Waals surface area contributed by atoms with Crippen molar-refractivity contribution >= 4 is 11.6 Å². The van der Waals surface area contributed by atoms with Crippen molar-refractivity contribution in [2.45, 2.75) is 6.18 Å². The molecular weight excluding hydrogens is 347 g/mol. The first kappa shape index (κ1) is 17.5. The Morgan fingerprint density at radius 2 is 1.85 bits per heavy atom. The highest BCUT2D eigenvalue weighted by Gasteiger charge is 2.30. The van der Waals surface area contributed by atoms with Crippen molar-refractivity contribution in [3.63, 3.8) is 0 Å². The third-order valence-electron chi connectivity index (χ3n) is 3.45. The molecule has 0 radical (unpaired) electrons. The van der Waals surface area contributed by atoms with Crippen molar-refractivity contribution in [1.82, 2.24) is 9.78 Å². The van der Waals surface area contributed by atoms with Gasteiger partial charge in [-0.3, -0.25) is 9.48 Å². The van der Waals surface area contributed by atoms with E-state index in [0.717, 1.165) is 12.1 Å². The number of aryl methyl sites for hydroxylation is 1. The molecule has 0 saturated carbocycles. The van der Waals surface area contributed by atoms with E-state index in [0.29, 0.717) is 5.56 Å². The molecule has 0 aliphatic rings. The number of aromatic nitrogens is 2. The van der Waals surface area contributed by atoms with E-state index < -0.39 is 11.7 Å². The van der Waals surface area contributed by atoms with E-state index >= 15 is 0 Å². The maximum atomic E-state index is 12.8. The molecule has 2 aromatic carbocycles. The van der Waals surface area contributed by atoms with Gasteiger partial charge in [0.2, 0.25) is 0 Å². The van der Waals surface area contributed by atoms with E-state index in [1.807, 2.05) is 0 Å². The molecule has 1 amide bonds. The number of hydrogen-bond donors (Lipinski definition) is 1. The van der Waals surface area contributed by atoms with Crippen LogP contribution in [0.25, 0.3) is 0 Å². The quantitative estimate of drug-likeness (QED) is 0.745. The van der Waals surface area contributed by atoms with Crippen LogP contribution in [0, 0.1) is 0 Å². The van der Waals surface area contributed by atoms with Gasteiger partial charge in [-0.15, -0.1) is 5.10 Å². The van der Waals surface area contributed by atoms with E-state index in [1.54, 1.807) is 37.4 Å². The van der Waals surface area contributed by atoms with Crippen LogP contribution >= 0.6 is 0 Å². The summed E-state index contributed by atoms with van der Waals surface area (Å²) in [7, 11) is 1.61. The number of carbonyl (C=O) groups excluding carboxylic acids is 1. The fraction of sp³-hybridized carbons (Fsp3) is 0.111. The summed E-state index contributed by atoms with van der Waals surface area (Å²) in [6.07, 6.45) is -2.97. The zero-order valence-electron chi connectivity index (χ0n) is 13.6. The Bertz CT molecular complexity index is 921. The van der Waals surface area contributed by atoms with Gasteiger partial charge in [-0.25, -0.2) is 0 Å². The Morgan fingerprint density at radius 3 is 2.54 bits per heavy atom. The third-order valence-corrected chi connectivity index (χ3v) is 3.45. The summed E-state index contributed by atoms with van der Waals surface area (Å²) in [6, 6.07) is 12.9. The number of nitrogens with one attached hydrogen (secondary N) is 1. The van der Waals surface area contributed by atoms with Gasteiger partial charge in [0.15, 0.2) is 0 Å². The summed E-state index contributed by atoms with van der Waals surface area (Å²) < 4.78 is 45.3. The molecule has 8 heteroatoms. The van der Waals surface area contributed by atoms with Gasteiger partial charge in [0, 0.05) is 12.6 Å². The van der Waals surface area contributed by atoms with Crippen LogP contribution < -0.4 is 10.1 Å². The average Bonchev–Trinajstić information content (AvgIpc) is 2.94. The van der Waals surface area contributed by atoms with E-state index in [2.05, 4.69) is 10.4 Å². The van der Waals surface area contributed by atoms with Crippen LogP contribution in [0.4, 0.5) is 18.9 Å². The molecule has 0 saturated heterocycles. The third kappa shape index (κ3) is 4.02. The van der Waals surface area contributed by atoms with Gasteiger partial charge in [0.25, 0.3) is 11.8 Å². The fourth-order valence-electron chi connectivity index (χ4n) is 2.26. The minimum Gasteiger partial charge on any atom is -0.436 e. The molecule has 0 atom stereocenters. The molecule has 0 aliphatic heterocycles. The monoisotopic (exact) mass is 361 g/mol. The van der Waals surface area contributed by atoms with Gasteiger partial charge < -0.3 is 10.1 Å². The highest BCUT2D eigenvalue weighted by Crippen LogP contribution is 2.34. The SMILES string of the molecule is Cn1cc(NC(=O)c2ccccc2)c(Oc2cccc(C(F)(F)F)c2)n1. The molecule has 1 heterocycles. The molecule has 0 bridgehead atoms. The number of halogens is 3. The lowest BCUT2D eigenvalue weighted by atomic mass is 10.2. The number of carbonyl (C=O) groups is 1. The first-order chi connectivity index (χ1) is 12.3. The van der Waals surface area contributed by atoms with E-state index in [4.69, 9.17) is 4.74 Å². The Kier molecular flexibility index (Phi) is 4.66. The van der Waals surface area contributed by atoms with Gasteiger partial charge in [0.05, 0.1) is 11.8 Å². The van der Waals surface area contributed by atoms with Crippen LogP contribution in [0.2, 0.25) is 0 Å². The molecule has 1 N–H and O–H groups in total. The van der Waals surface area contributed by atoms with Gasteiger partial charge in [-0.05, 0) is 30.3 Å². The topological polar surface area (TPSA) is 56.2 Å². The zero-order valence-corrected chi connectivity index (χ0v) is 13.6. The van der Waals surface area contributed by atoms with E-state index in [1.165, 1.54) is 23.0 Å². The molecule has 3 aromatic rings. The highest BCUT2D eigenvalue weighted by atomic mass is 19.4. The number of rotatable bonds is 4. The van der Waals surface area contributed by atoms with Crippen LogP contribution in [0.1, 0.15) is 15.9 Å². The van der Waals surface area contributed by atoms with E-state index in [9.17, 15) is 18.0 Å². The Hall–Kier alpha value is -3.29. The second-order valence-corrected chi connectivity index (χ2v) is 5.47. The predicted molar refractivity (Wildman–Crippen MR) is 89.1 cm³/mol. The molecule has 134 valence electrons. The number of amides is 1. The second kappa shape index (κ2) is 6.91. The van der Waals surface area contributed by atoms with Crippen LogP contribution in [0.5, 0.6) is 11.6 Å². The van der Waals surface area contributed by atoms with E-state index in [-0.39, 0.29) is 23.2 Å². The molecule has 26 heavy (non-hydrogen) atoms. The molecule has 0 spiro atoms. The summed E-state index contributed by atoms with van der Waals surface area (Å²) in [6.45, 7) is 0. The molecule has 1 aromatic heterocycles. The average molecular weight is 361 g/mol. The van der Waals surface area contributed by atoms with Gasteiger partial charge >= 0.3 is 6.18 Å². The van der Waals surface area contributed by atoms with Crippen LogP contribution in [-0.4, -0.2) is 15.7 Å². The maximum absolute atomic E-state index is 12.8. The van der Waals surface area contributed by atoms with Crippen molar-refractivity contribution in [1.29, 1.82) is 0 Å². The zero-order chi connectivity index (χ0) is 18.7. The summed E-state index contributed by atoms with van der Waals surface area (Å²) in [4.78, 5) is 12.3. The Labute approximate surface area is 147 Å². The molecule has 0 aliphatic carbocycles. The lowest BCUT2D eigenvalue weighted by molar-refractivity contribution is -0.137. The second-order valence-electron chi connectivity index (χ2n) is 5.47. The van der Waals surface area contributed by atoms with Crippen molar-refractivity contribution in [2.75, 3.05) is 5.32 Å². The normalized spacial score (nSPS) is 11.2. The Morgan fingerprint density at radius 1 is 1.12 bits per heavy atom. The summed E-state index contributed by atoms with van der Waals surface area (Å²) in [5, 5.41) is 6.69. The van der Waals surface area contributed by atoms with Crippen molar-refractivity contribution < 1.29 is 22.7 Å². The molecule has 3 rings (SSSR count). The molecular formula is C18H14F3N3O2. The number of alkyl halides is 3. The number of ether oxygens (including phenoxy) is 1. The van der Waals surface area contributed by atoms with Gasteiger partial charge in [0.1, 0.15) is 11.4 Å².